The highest BCUT2D eigenvalue weighted by molar-refractivity contribution is 5.92. The molecule has 0 radical (unpaired) electrons. The van der Waals surface area contributed by atoms with Crippen molar-refractivity contribution in [2.24, 2.45) is 5.73 Å². The average Bonchev–Trinajstić information content (AvgIpc) is 2.60. The predicted molar refractivity (Wildman–Crippen MR) is 109 cm³/mol. The number of ether oxygens (including phenoxy) is 1. The molecule has 0 saturated carbocycles. The Kier molecular flexibility index (Phi) is 10.5. The Balaban J connectivity index is 0.00000169. The number of hydrogen-bond acceptors (Lipinski definition) is 5. The lowest BCUT2D eigenvalue weighted by Crippen LogP contribution is -2.43. The SMILES string of the molecule is Cl.Cl.NC1CCN(CC(=O)Nc2ccc(CN3CCOCC3)cc2)CC1. The van der Waals surface area contributed by atoms with Gasteiger partial charge in [0.05, 0.1) is 19.8 Å². The van der Waals surface area contributed by atoms with Crippen molar-refractivity contribution in [2.75, 3.05) is 51.3 Å². The third-order valence-electron chi connectivity index (χ3n) is 4.75. The molecule has 0 aliphatic carbocycles. The summed E-state index contributed by atoms with van der Waals surface area (Å²) < 4.78 is 5.37. The molecule has 8 heteroatoms. The third kappa shape index (κ3) is 7.39. The van der Waals surface area contributed by atoms with E-state index in [2.05, 4.69) is 27.2 Å². The van der Waals surface area contributed by atoms with E-state index in [0.717, 1.165) is 64.5 Å². The number of likely N-dealkylation sites (tertiary alicyclic amines) is 1. The second kappa shape index (κ2) is 11.7. The van der Waals surface area contributed by atoms with Gasteiger partial charge < -0.3 is 15.8 Å². The first-order valence-corrected chi connectivity index (χ1v) is 8.86. The summed E-state index contributed by atoms with van der Waals surface area (Å²) in [5, 5.41) is 2.99. The molecule has 1 aromatic carbocycles. The molecule has 2 aliphatic heterocycles. The maximum absolute atomic E-state index is 12.2. The number of anilines is 1. The Bertz CT molecular complexity index is 530. The van der Waals surface area contributed by atoms with Crippen LogP contribution in [0.5, 0.6) is 0 Å². The second-order valence-corrected chi connectivity index (χ2v) is 6.75. The Morgan fingerprint density at radius 3 is 2.27 bits per heavy atom. The highest BCUT2D eigenvalue weighted by Crippen LogP contribution is 2.13. The minimum Gasteiger partial charge on any atom is -0.379 e. The molecule has 1 amide bonds. The van der Waals surface area contributed by atoms with Crippen LogP contribution in [0.1, 0.15) is 18.4 Å². The van der Waals surface area contributed by atoms with Crippen LogP contribution in [-0.4, -0.2) is 67.7 Å². The number of nitrogens with zero attached hydrogens (tertiary/aromatic N) is 2. The fraction of sp³-hybridized carbons (Fsp3) is 0.611. The van der Waals surface area contributed by atoms with E-state index >= 15 is 0 Å². The van der Waals surface area contributed by atoms with Gasteiger partial charge in [-0.1, -0.05) is 12.1 Å². The van der Waals surface area contributed by atoms with Crippen LogP contribution in [0, 0.1) is 0 Å². The van der Waals surface area contributed by atoms with E-state index in [1.54, 1.807) is 0 Å². The summed E-state index contributed by atoms with van der Waals surface area (Å²) in [6.07, 6.45) is 1.95. The van der Waals surface area contributed by atoms with Gasteiger partial charge in [-0.25, -0.2) is 0 Å². The van der Waals surface area contributed by atoms with E-state index in [-0.39, 0.29) is 30.7 Å². The zero-order valence-corrected chi connectivity index (χ0v) is 16.7. The normalized spacial score (nSPS) is 19.3. The Labute approximate surface area is 168 Å². The molecule has 1 aromatic rings. The topological polar surface area (TPSA) is 70.8 Å². The molecule has 0 bridgehead atoms. The summed E-state index contributed by atoms with van der Waals surface area (Å²) in [6.45, 7) is 6.80. The first-order chi connectivity index (χ1) is 11.7. The number of benzene rings is 1. The molecule has 0 unspecified atom stereocenters. The maximum Gasteiger partial charge on any atom is 0.238 e. The van der Waals surface area contributed by atoms with Gasteiger partial charge in [-0.05, 0) is 30.5 Å². The van der Waals surface area contributed by atoms with E-state index in [1.165, 1.54) is 5.56 Å². The van der Waals surface area contributed by atoms with Crippen molar-refractivity contribution in [3.8, 4) is 0 Å². The zero-order chi connectivity index (χ0) is 16.8. The summed E-state index contributed by atoms with van der Waals surface area (Å²) in [4.78, 5) is 16.7. The summed E-state index contributed by atoms with van der Waals surface area (Å²) in [5.41, 5.74) is 8.02. The van der Waals surface area contributed by atoms with Gasteiger partial charge in [-0.15, -0.1) is 24.8 Å². The number of nitrogens with one attached hydrogen (secondary N) is 1. The van der Waals surface area contributed by atoms with Gasteiger partial charge in [0.1, 0.15) is 0 Å². The van der Waals surface area contributed by atoms with Gasteiger partial charge in [0.25, 0.3) is 0 Å². The molecular weight excluding hydrogens is 375 g/mol. The number of piperidine rings is 1. The standard InChI is InChI=1S/C18H28N4O2.2ClH/c19-16-5-7-21(8-6-16)14-18(23)20-17-3-1-15(2-4-17)13-22-9-11-24-12-10-22;;/h1-4,16H,5-14,19H2,(H,20,23);2*1H. The largest absolute Gasteiger partial charge is 0.379 e. The Morgan fingerprint density at radius 2 is 1.65 bits per heavy atom. The van der Waals surface area contributed by atoms with Crippen molar-refractivity contribution in [3.63, 3.8) is 0 Å². The van der Waals surface area contributed by atoms with Crippen LogP contribution < -0.4 is 11.1 Å². The van der Waals surface area contributed by atoms with Gasteiger partial charge in [0.15, 0.2) is 0 Å². The summed E-state index contributed by atoms with van der Waals surface area (Å²) >= 11 is 0. The van der Waals surface area contributed by atoms with Gasteiger partial charge in [-0.3, -0.25) is 14.6 Å². The molecule has 6 nitrogen and oxygen atoms in total. The Hall–Kier alpha value is -0.890. The number of hydrogen-bond donors (Lipinski definition) is 2. The molecule has 0 aromatic heterocycles. The molecule has 2 aliphatic rings. The zero-order valence-electron chi connectivity index (χ0n) is 15.1. The smallest absolute Gasteiger partial charge is 0.238 e. The molecule has 3 N–H and O–H groups in total. The number of morpholine rings is 1. The van der Waals surface area contributed by atoms with Crippen molar-refractivity contribution in [2.45, 2.75) is 25.4 Å². The van der Waals surface area contributed by atoms with Crippen LogP contribution in [0.15, 0.2) is 24.3 Å². The summed E-state index contributed by atoms with van der Waals surface area (Å²) in [5.74, 6) is 0.0476. The lowest BCUT2D eigenvalue weighted by molar-refractivity contribution is -0.117. The van der Waals surface area contributed by atoms with Gasteiger partial charge >= 0.3 is 0 Å². The van der Waals surface area contributed by atoms with E-state index < -0.39 is 0 Å². The monoisotopic (exact) mass is 404 g/mol. The minimum atomic E-state index is 0. The second-order valence-electron chi connectivity index (χ2n) is 6.75. The van der Waals surface area contributed by atoms with Crippen LogP contribution in [0.3, 0.4) is 0 Å². The molecule has 2 saturated heterocycles. The average molecular weight is 405 g/mol. The van der Waals surface area contributed by atoms with E-state index in [4.69, 9.17) is 10.5 Å². The van der Waals surface area contributed by atoms with Crippen molar-refractivity contribution >= 4 is 36.4 Å². The number of amides is 1. The lowest BCUT2D eigenvalue weighted by atomic mass is 10.1. The molecule has 148 valence electrons. The fourth-order valence-corrected chi connectivity index (χ4v) is 3.23. The van der Waals surface area contributed by atoms with Crippen LogP contribution in [0.25, 0.3) is 0 Å². The van der Waals surface area contributed by atoms with E-state index in [1.807, 2.05) is 12.1 Å². The summed E-state index contributed by atoms with van der Waals surface area (Å²) in [7, 11) is 0. The van der Waals surface area contributed by atoms with Crippen molar-refractivity contribution in [3.05, 3.63) is 29.8 Å². The highest BCUT2D eigenvalue weighted by Gasteiger charge is 2.18. The van der Waals surface area contributed by atoms with Crippen LogP contribution >= 0.6 is 24.8 Å². The number of halogens is 2. The predicted octanol–water partition coefficient (Wildman–Crippen LogP) is 1.72. The maximum atomic E-state index is 12.2. The molecule has 0 spiro atoms. The van der Waals surface area contributed by atoms with Gasteiger partial charge in [0.2, 0.25) is 5.91 Å². The summed E-state index contributed by atoms with van der Waals surface area (Å²) in [6, 6.07) is 8.44. The molecule has 3 rings (SSSR count). The highest BCUT2D eigenvalue weighted by atomic mass is 35.5. The van der Waals surface area contributed by atoms with Crippen LogP contribution in [0.4, 0.5) is 5.69 Å². The van der Waals surface area contributed by atoms with Crippen LogP contribution in [-0.2, 0) is 16.1 Å². The number of nitrogens with two attached hydrogens (primary N) is 1. The van der Waals surface area contributed by atoms with Gasteiger partial charge in [-0.2, -0.15) is 0 Å². The number of carbonyl (C=O) groups is 1. The van der Waals surface area contributed by atoms with E-state index in [0.29, 0.717) is 12.6 Å². The first-order valence-electron chi connectivity index (χ1n) is 8.86. The van der Waals surface area contributed by atoms with E-state index in [9.17, 15) is 4.79 Å². The molecule has 26 heavy (non-hydrogen) atoms. The van der Waals surface area contributed by atoms with Gasteiger partial charge in [0, 0.05) is 44.5 Å². The fourth-order valence-electron chi connectivity index (χ4n) is 3.23. The van der Waals surface area contributed by atoms with Crippen LogP contribution in [0.2, 0.25) is 0 Å². The number of rotatable bonds is 5. The minimum absolute atomic E-state index is 0. The van der Waals surface area contributed by atoms with Crippen molar-refractivity contribution in [1.29, 1.82) is 0 Å². The quantitative estimate of drug-likeness (QED) is 0.781. The Morgan fingerprint density at radius 1 is 1.04 bits per heavy atom. The molecule has 2 fully saturated rings. The third-order valence-corrected chi connectivity index (χ3v) is 4.75. The number of carbonyl (C=O) groups excluding carboxylic acids is 1. The molecule has 2 heterocycles. The van der Waals surface area contributed by atoms with Crippen molar-refractivity contribution < 1.29 is 9.53 Å². The van der Waals surface area contributed by atoms with Crippen molar-refractivity contribution in [1.82, 2.24) is 9.80 Å². The molecule has 0 atom stereocenters. The first kappa shape index (κ1) is 23.1. The lowest BCUT2D eigenvalue weighted by Gasteiger charge is -2.29. The molecular formula is C18H30Cl2N4O2.